The molecule has 11 heteroatoms. The zero-order valence-corrected chi connectivity index (χ0v) is 20.4. The van der Waals surface area contributed by atoms with E-state index < -0.39 is 27.7 Å². The first-order valence-electron chi connectivity index (χ1n) is 10.5. The zero-order chi connectivity index (χ0) is 25.4. The Morgan fingerprint density at radius 1 is 0.971 bits per heavy atom. The van der Waals surface area contributed by atoms with Crippen LogP contribution in [-0.2, 0) is 40.4 Å². The van der Waals surface area contributed by atoms with E-state index >= 15 is 0 Å². The molecule has 0 saturated heterocycles. The molecular weight excluding hydrogens is 524 g/mol. The Kier molecular flexibility index (Phi) is 7.15. The van der Waals surface area contributed by atoms with E-state index in [0.717, 1.165) is 17.7 Å². The quantitative estimate of drug-likeness (QED) is 0.433. The summed E-state index contributed by atoms with van der Waals surface area (Å²) in [6.07, 6.45) is -4.28. The van der Waals surface area contributed by atoms with Gasteiger partial charge in [-0.1, -0.05) is 41.4 Å². The van der Waals surface area contributed by atoms with Crippen LogP contribution in [0.4, 0.5) is 18.9 Å². The van der Waals surface area contributed by atoms with Crippen molar-refractivity contribution in [1.29, 1.82) is 0 Å². The first kappa shape index (κ1) is 25.5. The standard InChI is InChI=1S/C24H19Cl2F3N2O3S/c25-18-6-8-19(9-7-18)35(33,34)31-12-11-20-16(14-31)3-10-21(26)23(20)30-22(32)13-15-1-4-17(5-2-15)24(27,28)29/h1-10H,11-14H2,(H,30,32). The number of nitrogens with zero attached hydrogens (tertiary/aromatic N) is 1. The highest BCUT2D eigenvalue weighted by atomic mass is 35.5. The number of sulfonamides is 1. The Balaban J connectivity index is 1.51. The van der Waals surface area contributed by atoms with Crippen LogP contribution in [0.15, 0.2) is 65.6 Å². The molecule has 5 nitrogen and oxygen atoms in total. The first-order valence-corrected chi connectivity index (χ1v) is 12.7. The average Bonchev–Trinajstić information content (AvgIpc) is 2.80. The number of amides is 1. The van der Waals surface area contributed by atoms with Crippen molar-refractivity contribution in [3.05, 3.63) is 93.0 Å². The van der Waals surface area contributed by atoms with Gasteiger partial charge in [-0.2, -0.15) is 17.5 Å². The largest absolute Gasteiger partial charge is 0.416 e. The summed E-state index contributed by atoms with van der Waals surface area (Å²) in [7, 11) is -3.75. The number of halogens is 5. The lowest BCUT2D eigenvalue weighted by Crippen LogP contribution is -2.36. The van der Waals surface area contributed by atoms with Crippen molar-refractivity contribution in [2.45, 2.75) is 30.5 Å². The third kappa shape index (κ3) is 5.64. The monoisotopic (exact) mass is 542 g/mol. The topological polar surface area (TPSA) is 66.5 Å². The Morgan fingerprint density at radius 3 is 2.26 bits per heavy atom. The summed E-state index contributed by atoms with van der Waals surface area (Å²) in [6, 6.07) is 13.6. The fraction of sp³-hybridized carbons (Fsp3) is 0.208. The Morgan fingerprint density at radius 2 is 1.63 bits per heavy atom. The highest BCUT2D eigenvalue weighted by molar-refractivity contribution is 7.89. The molecule has 35 heavy (non-hydrogen) atoms. The van der Waals surface area contributed by atoms with Crippen LogP contribution in [0.2, 0.25) is 10.0 Å². The van der Waals surface area contributed by atoms with Crippen LogP contribution >= 0.6 is 23.2 Å². The molecule has 3 aromatic rings. The van der Waals surface area contributed by atoms with Gasteiger partial charge < -0.3 is 5.32 Å². The zero-order valence-electron chi connectivity index (χ0n) is 18.1. The van der Waals surface area contributed by atoms with E-state index in [9.17, 15) is 26.4 Å². The molecule has 0 radical (unpaired) electrons. The number of fused-ring (bicyclic) bond motifs is 1. The number of hydrogen-bond donors (Lipinski definition) is 1. The minimum atomic E-state index is -4.45. The van der Waals surface area contributed by atoms with E-state index in [-0.39, 0.29) is 24.4 Å². The lowest BCUT2D eigenvalue weighted by molar-refractivity contribution is -0.137. The van der Waals surface area contributed by atoms with E-state index in [1.807, 2.05) is 0 Å². The second kappa shape index (κ2) is 9.81. The van der Waals surface area contributed by atoms with Gasteiger partial charge >= 0.3 is 6.18 Å². The van der Waals surface area contributed by atoms with Gasteiger partial charge in [0.05, 0.1) is 27.6 Å². The lowest BCUT2D eigenvalue weighted by atomic mass is 9.98. The van der Waals surface area contributed by atoms with E-state index in [1.165, 1.54) is 40.7 Å². The Hall–Kier alpha value is -2.59. The summed E-state index contributed by atoms with van der Waals surface area (Å²) in [5.41, 5.74) is 1.42. The first-order chi connectivity index (χ1) is 16.4. The van der Waals surface area contributed by atoms with Gasteiger partial charge in [0, 0.05) is 18.1 Å². The number of hydrogen-bond acceptors (Lipinski definition) is 3. The maximum atomic E-state index is 13.0. The molecule has 0 aromatic heterocycles. The van der Waals surface area contributed by atoms with Crippen molar-refractivity contribution in [1.82, 2.24) is 4.31 Å². The van der Waals surface area contributed by atoms with Gasteiger partial charge in [0.1, 0.15) is 0 Å². The molecule has 1 amide bonds. The van der Waals surface area contributed by atoms with Crippen LogP contribution in [0.25, 0.3) is 0 Å². The number of nitrogens with one attached hydrogen (secondary N) is 1. The summed E-state index contributed by atoms with van der Waals surface area (Å²) in [6.45, 7) is 0.277. The number of anilines is 1. The van der Waals surface area contributed by atoms with Gasteiger partial charge in [-0.15, -0.1) is 0 Å². The molecule has 0 fully saturated rings. The predicted octanol–water partition coefficient (Wildman–Crippen LogP) is 5.94. The third-order valence-corrected chi connectivity index (χ3v) is 8.11. The minimum absolute atomic E-state index is 0.0965. The van der Waals surface area contributed by atoms with Gasteiger partial charge in [0.25, 0.3) is 0 Å². The molecule has 0 saturated carbocycles. The number of carbonyl (C=O) groups excluding carboxylic acids is 1. The Bertz CT molecular complexity index is 1360. The molecule has 1 aliphatic rings. The summed E-state index contributed by atoms with van der Waals surface area (Å²) < 4.78 is 65.7. The van der Waals surface area contributed by atoms with E-state index in [2.05, 4.69) is 5.32 Å². The van der Waals surface area contributed by atoms with Crippen LogP contribution in [0.5, 0.6) is 0 Å². The maximum absolute atomic E-state index is 13.0. The van der Waals surface area contributed by atoms with Crippen molar-refractivity contribution >= 4 is 44.8 Å². The number of carbonyl (C=O) groups is 1. The normalized spacial score (nSPS) is 14.4. The van der Waals surface area contributed by atoms with Crippen molar-refractivity contribution in [3.63, 3.8) is 0 Å². The number of alkyl halides is 3. The van der Waals surface area contributed by atoms with Gasteiger partial charge in [0.2, 0.25) is 15.9 Å². The molecule has 1 N–H and O–H groups in total. The molecule has 4 rings (SSSR count). The summed E-state index contributed by atoms with van der Waals surface area (Å²) in [4.78, 5) is 12.8. The van der Waals surface area contributed by atoms with Gasteiger partial charge in [-0.3, -0.25) is 4.79 Å². The molecule has 1 heterocycles. The fourth-order valence-corrected chi connectivity index (χ4v) is 5.65. The number of rotatable bonds is 5. The maximum Gasteiger partial charge on any atom is 0.416 e. The van der Waals surface area contributed by atoms with E-state index in [1.54, 1.807) is 12.1 Å². The third-order valence-electron chi connectivity index (χ3n) is 5.68. The summed E-state index contributed by atoms with van der Waals surface area (Å²) in [5, 5.41) is 3.47. The molecular formula is C24H19Cl2F3N2O3S. The minimum Gasteiger partial charge on any atom is -0.324 e. The summed E-state index contributed by atoms with van der Waals surface area (Å²) >= 11 is 12.2. The smallest absolute Gasteiger partial charge is 0.324 e. The van der Waals surface area contributed by atoms with Crippen LogP contribution in [-0.4, -0.2) is 25.2 Å². The second-order valence-corrected chi connectivity index (χ2v) is 10.8. The van der Waals surface area contributed by atoms with Crippen molar-refractivity contribution < 1.29 is 26.4 Å². The Labute approximate surface area is 210 Å². The van der Waals surface area contributed by atoms with Crippen molar-refractivity contribution in [2.24, 2.45) is 0 Å². The molecule has 0 spiro atoms. The predicted molar refractivity (Wildman–Crippen MR) is 128 cm³/mol. The molecule has 184 valence electrons. The highest BCUT2D eigenvalue weighted by Gasteiger charge is 2.31. The summed E-state index contributed by atoms with van der Waals surface area (Å²) in [5.74, 6) is -0.448. The average molecular weight is 543 g/mol. The van der Waals surface area contributed by atoms with Crippen molar-refractivity contribution in [2.75, 3.05) is 11.9 Å². The van der Waals surface area contributed by atoms with E-state index in [0.29, 0.717) is 33.3 Å². The molecule has 0 bridgehead atoms. The lowest BCUT2D eigenvalue weighted by Gasteiger charge is -2.30. The highest BCUT2D eigenvalue weighted by Crippen LogP contribution is 2.35. The fourth-order valence-electron chi connectivity index (χ4n) is 3.88. The number of benzene rings is 3. The molecule has 0 aliphatic carbocycles. The van der Waals surface area contributed by atoms with Crippen LogP contribution in [0.1, 0.15) is 22.3 Å². The van der Waals surface area contributed by atoms with Crippen LogP contribution < -0.4 is 5.32 Å². The van der Waals surface area contributed by atoms with Crippen LogP contribution in [0, 0.1) is 0 Å². The van der Waals surface area contributed by atoms with Gasteiger partial charge in [-0.25, -0.2) is 8.42 Å². The molecule has 1 aliphatic heterocycles. The van der Waals surface area contributed by atoms with Crippen molar-refractivity contribution in [3.8, 4) is 0 Å². The van der Waals surface area contributed by atoms with Gasteiger partial charge in [0.15, 0.2) is 0 Å². The molecule has 0 atom stereocenters. The van der Waals surface area contributed by atoms with Crippen LogP contribution in [0.3, 0.4) is 0 Å². The molecule has 3 aromatic carbocycles. The van der Waals surface area contributed by atoms with E-state index in [4.69, 9.17) is 23.2 Å². The van der Waals surface area contributed by atoms with Gasteiger partial charge in [-0.05, 0) is 65.6 Å². The SMILES string of the molecule is O=C(Cc1ccc(C(F)(F)F)cc1)Nc1c(Cl)ccc2c1CCN(S(=O)(=O)c1ccc(Cl)cc1)C2. The second-order valence-electron chi connectivity index (χ2n) is 8.02. The molecule has 0 unspecified atom stereocenters.